The quantitative estimate of drug-likeness (QED) is 0.513. The van der Waals surface area contributed by atoms with Crippen LogP contribution in [0.25, 0.3) is 0 Å². The van der Waals surface area contributed by atoms with Gasteiger partial charge in [-0.25, -0.2) is 4.79 Å². The summed E-state index contributed by atoms with van der Waals surface area (Å²) in [7, 11) is 0. The Morgan fingerprint density at radius 2 is 1.89 bits per heavy atom. The summed E-state index contributed by atoms with van der Waals surface area (Å²) in [5.74, 6) is -1.39. The van der Waals surface area contributed by atoms with Gasteiger partial charge in [0.1, 0.15) is 11.3 Å². The summed E-state index contributed by atoms with van der Waals surface area (Å²) in [6.07, 6.45) is -2.01. The molecule has 1 aromatic rings. The number of hydrogen-bond donors (Lipinski definition) is 3. The second kappa shape index (κ2) is 4.82. The van der Waals surface area contributed by atoms with Crippen LogP contribution in [0.1, 0.15) is 10.4 Å². The number of hydrogen-bond acceptors (Lipinski definition) is 6. The van der Waals surface area contributed by atoms with E-state index in [0.29, 0.717) is 0 Å². The lowest BCUT2D eigenvalue weighted by Crippen LogP contribution is -2.22. The van der Waals surface area contributed by atoms with E-state index in [1.165, 1.54) is 17.0 Å². The summed E-state index contributed by atoms with van der Waals surface area (Å²) >= 11 is 0. The maximum atomic E-state index is 11.1. The fraction of sp³-hybridized carbons (Fsp3) is 0.364. The van der Waals surface area contributed by atoms with Crippen molar-refractivity contribution < 1.29 is 25.0 Å². The predicted octanol–water partition coefficient (Wildman–Crippen LogP) is -0.165. The van der Waals surface area contributed by atoms with Gasteiger partial charge in [-0.15, -0.1) is 0 Å². The Morgan fingerprint density at radius 3 is 2.37 bits per heavy atom. The molecule has 1 aliphatic heterocycles. The first-order valence-corrected chi connectivity index (χ1v) is 5.53. The molecule has 0 saturated carbocycles. The second-order valence-electron chi connectivity index (χ2n) is 4.28. The standard InChI is InChI=1S/C11H12N2O6/c14-8-4-12(5-9(8)15)7-3-1-2-6(11(16)17)10(7)13(18)19/h1-3,8-9,14-15H,4-5H2,(H,16,17). The molecule has 19 heavy (non-hydrogen) atoms. The average molecular weight is 268 g/mol. The van der Waals surface area contributed by atoms with Crippen molar-refractivity contribution in [2.75, 3.05) is 18.0 Å². The molecule has 1 fully saturated rings. The number of rotatable bonds is 3. The molecule has 3 N–H and O–H groups in total. The van der Waals surface area contributed by atoms with Crippen molar-refractivity contribution in [3.05, 3.63) is 33.9 Å². The number of aromatic carboxylic acids is 1. The number of benzene rings is 1. The zero-order valence-electron chi connectivity index (χ0n) is 9.76. The third-order valence-corrected chi connectivity index (χ3v) is 3.03. The summed E-state index contributed by atoms with van der Waals surface area (Å²) in [6.45, 7) is 0.0379. The highest BCUT2D eigenvalue weighted by molar-refractivity contribution is 5.95. The Bertz CT molecular complexity index is 522. The van der Waals surface area contributed by atoms with Crippen LogP contribution in [-0.2, 0) is 0 Å². The number of anilines is 1. The fourth-order valence-corrected chi connectivity index (χ4v) is 2.12. The van der Waals surface area contributed by atoms with Gasteiger partial charge in [0.25, 0.3) is 0 Å². The van der Waals surface area contributed by atoms with Gasteiger partial charge in [-0.2, -0.15) is 0 Å². The van der Waals surface area contributed by atoms with E-state index in [4.69, 9.17) is 5.11 Å². The maximum absolute atomic E-state index is 11.1. The first-order valence-electron chi connectivity index (χ1n) is 5.53. The normalized spacial score (nSPS) is 22.5. The van der Waals surface area contributed by atoms with Crippen LogP contribution in [0.4, 0.5) is 11.4 Å². The minimum absolute atomic E-state index is 0.0189. The van der Waals surface area contributed by atoms with E-state index in [0.717, 1.165) is 6.07 Å². The van der Waals surface area contributed by atoms with E-state index in [9.17, 15) is 25.1 Å². The third-order valence-electron chi connectivity index (χ3n) is 3.03. The van der Waals surface area contributed by atoms with E-state index in [-0.39, 0.29) is 18.8 Å². The molecule has 2 unspecified atom stereocenters. The van der Waals surface area contributed by atoms with Crippen molar-refractivity contribution >= 4 is 17.3 Å². The summed E-state index contributed by atoms with van der Waals surface area (Å²) in [6, 6.07) is 3.94. The highest BCUT2D eigenvalue weighted by atomic mass is 16.6. The maximum Gasteiger partial charge on any atom is 0.342 e. The highest BCUT2D eigenvalue weighted by Gasteiger charge is 2.35. The number of carbonyl (C=O) groups is 1. The molecule has 1 heterocycles. The van der Waals surface area contributed by atoms with Gasteiger partial charge in [0, 0.05) is 13.1 Å². The smallest absolute Gasteiger partial charge is 0.342 e. The van der Waals surface area contributed by atoms with Crippen LogP contribution in [0.3, 0.4) is 0 Å². The van der Waals surface area contributed by atoms with Crippen molar-refractivity contribution in [3.63, 3.8) is 0 Å². The van der Waals surface area contributed by atoms with E-state index >= 15 is 0 Å². The number of nitro groups is 1. The van der Waals surface area contributed by atoms with Gasteiger partial charge in [0.05, 0.1) is 17.1 Å². The van der Waals surface area contributed by atoms with Crippen LogP contribution < -0.4 is 4.90 Å². The van der Waals surface area contributed by atoms with Crippen molar-refractivity contribution in [3.8, 4) is 0 Å². The molecule has 102 valence electrons. The Kier molecular flexibility index (Phi) is 3.36. The zero-order valence-corrected chi connectivity index (χ0v) is 9.76. The fourth-order valence-electron chi connectivity index (χ4n) is 2.12. The number of nitro benzene ring substituents is 1. The Morgan fingerprint density at radius 1 is 1.32 bits per heavy atom. The van der Waals surface area contributed by atoms with Crippen molar-refractivity contribution in [1.82, 2.24) is 0 Å². The molecular weight excluding hydrogens is 256 g/mol. The summed E-state index contributed by atoms with van der Waals surface area (Å²) in [4.78, 5) is 22.7. The molecule has 8 nitrogen and oxygen atoms in total. The highest BCUT2D eigenvalue weighted by Crippen LogP contribution is 2.33. The Hall–Kier alpha value is -2.19. The third kappa shape index (κ3) is 2.35. The van der Waals surface area contributed by atoms with Crippen LogP contribution in [0.5, 0.6) is 0 Å². The van der Waals surface area contributed by atoms with E-state index in [2.05, 4.69) is 0 Å². The molecule has 0 radical (unpaired) electrons. The molecule has 8 heteroatoms. The molecule has 0 amide bonds. The lowest BCUT2D eigenvalue weighted by molar-refractivity contribution is -0.384. The molecule has 2 rings (SSSR count). The molecule has 2 atom stereocenters. The van der Waals surface area contributed by atoms with Crippen molar-refractivity contribution in [1.29, 1.82) is 0 Å². The Labute approximate surface area is 107 Å². The number of aliphatic hydroxyl groups excluding tert-OH is 2. The van der Waals surface area contributed by atoms with Crippen molar-refractivity contribution in [2.45, 2.75) is 12.2 Å². The number of aliphatic hydroxyl groups is 2. The monoisotopic (exact) mass is 268 g/mol. The summed E-state index contributed by atoms with van der Waals surface area (Å²) < 4.78 is 0. The lowest BCUT2D eigenvalue weighted by atomic mass is 10.1. The molecular formula is C11H12N2O6. The lowest BCUT2D eigenvalue weighted by Gasteiger charge is -2.18. The largest absolute Gasteiger partial charge is 0.477 e. The van der Waals surface area contributed by atoms with E-state index in [1.807, 2.05) is 0 Å². The van der Waals surface area contributed by atoms with Crippen LogP contribution in [-0.4, -0.2) is 51.5 Å². The molecule has 0 bridgehead atoms. The molecule has 1 aliphatic rings. The van der Waals surface area contributed by atoms with Gasteiger partial charge in [0.2, 0.25) is 0 Å². The van der Waals surface area contributed by atoms with Crippen molar-refractivity contribution in [2.24, 2.45) is 0 Å². The van der Waals surface area contributed by atoms with Crippen LogP contribution >= 0.6 is 0 Å². The average Bonchev–Trinajstić information content (AvgIpc) is 2.68. The summed E-state index contributed by atoms with van der Waals surface area (Å²) in [5, 5.41) is 38.9. The van der Waals surface area contributed by atoms with E-state index < -0.39 is 34.4 Å². The topological polar surface area (TPSA) is 124 Å². The van der Waals surface area contributed by atoms with Gasteiger partial charge in [-0.05, 0) is 12.1 Å². The molecule has 1 saturated heterocycles. The number of carboxylic acid groups (broad SMARTS) is 1. The number of carboxylic acids is 1. The SMILES string of the molecule is O=C(O)c1cccc(N2CC(O)C(O)C2)c1[N+](=O)[O-]. The second-order valence-corrected chi connectivity index (χ2v) is 4.28. The first kappa shape index (κ1) is 13.2. The minimum atomic E-state index is -1.39. The molecule has 0 spiro atoms. The minimum Gasteiger partial charge on any atom is -0.477 e. The number of nitrogens with zero attached hydrogens (tertiary/aromatic N) is 2. The molecule has 0 aliphatic carbocycles. The van der Waals surface area contributed by atoms with Gasteiger partial charge in [-0.1, -0.05) is 6.07 Å². The van der Waals surface area contributed by atoms with E-state index in [1.54, 1.807) is 0 Å². The zero-order chi connectivity index (χ0) is 14.2. The molecule has 0 aromatic heterocycles. The van der Waals surface area contributed by atoms with Crippen LogP contribution in [0, 0.1) is 10.1 Å². The van der Waals surface area contributed by atoms with Gasteiger partial charge in [-0.3, -0.25) is 10.1 Å². The van der Waals surface area contributed by atoms with Gasteiger partial charge < -0.3 is 20.2 Å². The van der Waals surface area contributed by atoms with Gasteiger partial charge in [0.15, 0.2) is 0 Å². The first-order chi connectivity index (χ1) is 8.91. The molecule has 1 aromatic carbocycles. The van der Waals surface area contributed by atoms with Gasteiger partial charge >= 0.3 is 11.7 Å². The van der Waals surface area contributed by atoms with Crippen LogP contribution in [0.15, 0.2) is 18.2 Å². The number of β-amino-alcohol motifs (C(OH)–C–C–N with tert-alkyl or cyclic N) is 2. The van der Waals surface area contributed by atoms with Crippen LogP contribution in [0.2, 0.25) is 0 Å². The Balaban J connectivity index is 2.49. The summed E-state index contributed by atoms with van der Waals surface area (Å²) in [5.41, 5.74) is -0.866. The predicted molar refractivity (Wildman–Crippen MR) is 64.3 cm³/mol. The number of para-hydroxylation sites is 1.